The van der Waals surface area contributed by atoms with Gasteiger partial charge in [0.15, 0.2) is 0 Å². The number of carboxylic acids is 1. The van der Waals surface area contributed by atoms with Crippen molar-refractivity contribution in [3.8, 4) is 5.75 Å². The summed E-state index contributed by atoms with van der Waals surface area (Å²) < 4.78 is 74.7. The van der Waals surface area contributed by atoms with Gasteiger partial charge in [0.1, 0.15) is 17.5 Å². The lowest BCUT2D eigenvalue weighted by Gasteiger charge is -2.42. The van der Waals surface area contributed by atoms with Crippen LogP contribution in [0.2, 0.25) is 0 Å². The van der Waals surface area contributed by atoms with Crippen molar-refractivity contribution in [2.45, 2.75) is 94.7 Å². The molecule has 272 valence electrons. The van der Waals surface area contributed by atoms with E-state index in [1.165, 1.54) is 11.1 Å². The molecule has 14 heteroatoms. The van der Waals surface area contributed by atoms with Gasteiger partial charge in [-0.2, -0.15) is 22.0 Å². The number of ether oxygens (including phenoxy) is 1. The Labute approximate surface area is 288 Å². The number of amides is 1. The molecule has 3 heterocycles. The normalized spacial score (nSPS) is 26.5. The SMILES string of the molecule is CC(F)(F)c1nc(N2CC3(CC3)c3cc(OC4CCN(CC(F)(F)F)CC4)ccc32)ncc1C(=O)NCC1CC2CC(CC(=O)O)CC(C1)C2. The first-order valence-corrected chi connectivity index (χ1v) is 17.8. The minimum Gasteiger partial charge on any atom is -0.490 e. The van der Waals surface area contributed by atoms with Gasteiger partial charge in [-0.05, 0) is 105 Å². The van der Waals surface area contributed by atoms with Crippen molar-refractivity contribution in [2.75, 3.05) is 37.6 Å². The summed E-state index contributed by atoms with van der Waals surface area (Å²) in [6.07, 6.45) is 4.31. The molecule has 50 heavy (non-hydrogen) atoms. The fourth-order valence-corrected chi connectivity index (χ4v) is 9.15. The molecule has 2 bridgehead atoms. The second kappa shape index (κ2) is 13.2. The molecule has 5 aliphatic rings. The summed E-state index contributed by atoms with van der Waals surface area (Å²) in [5, 5.41) is 12.1. The number of piperidine rings is 1. The number of rotatable bonds is 10. The van der Waals surface area contributed by atoms with Crippen molar-refractivity contribution in [1.82, 2.24) is 20.2 Å². The van der Waals surface area contributed by atoms with E-state index in [0.717, 1.165) is 63.1 Å². The molecule has 2 aromatic rings. The quantitative estimate of drug-likeness (QED) is 0.260. The monoisotopic (exact) mass is 705 g/mol. The van der Waals surface area contributed by atoms with Crippen molar-refractivity contribution in [3.05, 3.63) is 41.2 Å². The van der Waals surface area contributed by atoms with Crippen molar-refractivity contribution in [3.63, 3.8) is 0 Å². The van der Waals surface area contributed by atoms with E-state index in [2.05, 4.69) is 15.3 Å². The lowest BCUT2D eigenvalue weighted by atomic mass is 9.64. The molecular weight excluding hydrogens is 661 g/mol. The van der Waals surface area contributed by atoms with E-state index in [1.807, 2.05) is 17.0 Å². The van der Waals surface area contributed by atoms with Crippen LogP contribution in [-0.2, 0) is 16.1 Å². The number of carbonyl (C=O) groups is 2. The third kappa shape index (κ3) is 7.69. The number of halogens is 5. The highest BCUT2D eigenvalue weighted by Gasteiger charge is 2.53. The maximum Gasteiger partial charge on any atom is 0.401 e. The number of carboxylic acid groups (broad SMARTS) is 1. The number of aromatic nitrogens is 2. The van der Waals surface area contributed by atoms with E-state index < -0.39 is 36.2 Å². The molecule has 7 rings (SSSR count). The minimum absolute atomic E-state index is 0.0878. The number of anilines is 2. The molecule has 0 radical (unpaired) electrons. The molecule has 1 spiro atoms. The number of aliphatic carboxylic acids is 1. The molecule has 1 saturated heterocycles. The fourth-order valence-electron chi connectivity index (χ4n) is 9.15. The number of carbonyl (C=O) groups excluding carboxylic acids is 1. The third-order valence-corrected chi connectivity index (χ3v) is 11.4. The Morgan fingerprint density at radius 2 is 1.70 bits per heavy atom. The Bertz CT molecular complexity index is 1590. The summed E-state index contributed by atoms with van der Waals surface area (Å²) in [7, 11) is 0. The number of nitrogens with one attached hydrogen (secondary N) is 1. The number of hydrogen-bond donors (Lipinski definition) is 2. The lowest BCUT2D eigenvalue weighted by Crippen LogP contribution is -2.42. The fraction of sp³-hybridized carbons (Fsp3) is 0.667. The van der Waals surface area contributed by atoms with Crippen LogP contribution in [0.4, 0.5) is 33.6 Å². The van der Waals surface area contributed by atoms with Crippen molar-refractivity contribution in [2.24, 2.45) is 23.7 Å². The summed E-state index contributed by atoms with van der Waals surface area (Å²) in [5.74, 6) is -2.88. The molecule has 2 N–H and O–H groups in total. The molecule has 3 aliphatic carbocycles. The maximum absolute atomic E-state index is 15.1. The molecule has 1 amide bonds. The van der Waals surface area contributed by atoms with Gasteiger partial charge < -0.3 is 20.1 Å². The van der Waals surface area contributed by atoms with Crippen LogP contribution < -0.4 is 15.0 Å². The van der Waals surface area contributed by atoms with Gasteiger partial charge in [0.05, 0.1) is 12.1 Å². The predicted octanol–water partition coefficient (Wildman–Crippen LogP) is 6.82. The zero-order chi connectivity index (χ0) is 35.4. The number of fused-ring (bicyclic) bond motifs is 4. The van der Waals surface area contributed by atoms with Crippen molar-refractivity contribution < 1.29 is 41.4 Å². The van der Waals surface area contributed by atoms with E-state index in [0.29, 0.717) is 56.6 Å². The van der Waals surface area contributed by atoms with Crippen LogP contribution in [0.5, 0.6) is 5.75 Å². The molecule has 1 aromatic heterocycles. The number of likely N-dealkylation sites (tertiary alicyclic amines) is 1. The molecule has 2 atom stereocenters. The van der Waals surface area contributed by atoms with Gasteiger partial charge in [0, 0.05) is 56.8 Å². The molecule has 9 nitrogen and oxygen atoms in total. The Balaban J connectivity index is 1.02. The number of alkyl halides is 5. The molecular formula is C36H44F5N5O4. The van der Waals surface area contributed by atoms with Crippen LogP contribution >= 0.6 is 0 Å². The Morgan fingerprint density at radius 3 is 2.32 bits per heavy atom. The number of benzene rings is 1. The van der Waals surface area contributed by atoms with E-state index in [-0.39, 0.29) is 41.3 Å². The summed E-state index contributed by atoms with van der Waals surface area (Å²) in [6.45, 7) is 1.27. The van der Waals surface area contributed by atoms with Crippen LogP contribution in [0.15, 0.2) is 24.4 Å². The molecule has 4 fully saturated rings. The molecule has 3 saturated carbocycles. The zero-order valence-electron chi connectivity index (χ0n) is 28.2. The van der Waals surface area contributed by atoms with E-state index in [1.54, 1.807) is 6.07 Å². The first-order valence-electron chi connectivity index (χ1n) is 17.8. The maximum atomic E-state index is 15.1. The van der Waals surface area contributed by atoms with Crippen LogP contribution in [-0.4, -0.2) is 76.9 Å². The highest BCUT2D eigenvalue weighted by Crippen LogP contribution is 2.58. The van der Waals surface area contributed by atoms with Crippen LogP contribution in [0.3, 0.4) is 0 Å². The first-order chi connectivity index (χ1) is 23.6. The minimum atomic E-state index is -4.23. The van der Waals surface area contributed by atoms with E-state index >= 15 is 8.78 Å². The summed E-state index contributed by atoms with van der Waals surface area (Å²) in [4.78, 5) is 36.5. The number of hydrogen-bond acceptors (Lipinski definition) is 7. The predicted molar refractivity (Wildman–Crippen MR) is 174 cm³/mol. The third-order valence-electron chi connectivity index (χ3n) is 11.4. The van der Waals surface area contributed by atoms with Crippen LogP contribution in [0.1, 0.15) is 92.7 Å². The van der Waals surface area contributed by atoms with Gasteiger partial charge in [-0.25, -0.2) is 9.97 Å². The number of nitrogens with zero attached hydrogens (tertiary/aromatic N) is 4. The zero-order valence-corrected chi connectivity index (χ0v) is 28.2. The Morgan fingerprint density at radius 1 is 1.02 bits per heavy atom. The first kappa shape index (κ1) is 34.9. The Hall–Kier alpha value is -3.55. The van der Waals surface area contributed by atoms with Gasteiger partial charge in [-0.15, -0.1) is 0 Å². The standard InChI is InChI=1S/C36H44F5N5O4/c1-34(37,38)31-27(32(49)42-17-24-13-21-10-22(14-24)12-23(11-21)15-30(47)48)18-43-33(44-31)46-19-35(6-7-35)28-16-26(2-3-29(28)46)50-25-4-8-45(9-5-25)20-36(39,40)41/h2-3,16,18,21-25H,4-15,17,19-20H2,1H3,(H,42,49)(H,47,48). The van der Waals surface area contributed by atoms with Crippen LogP contribution in [0, 0.1) is 23.7 Å². The average Bonchev–Trinajstić information content (AvgIpc) is 3.75. The summed E-state index contributed by atoms with van der Waals surface area (Å²) in [5.41, 5.74) is 0.707. The highest BCUT2D eigenvalue weighted by atomic mass is 19.4. The van der Waals surface area contributed by atoms with Gasteiger partial charge in [-0.3, -0.25) is 14.5 Å². The van der Waals surface area contributed by atoms with Gasteiger partial charge in [0.2, 0.25) is 5.95 Å². The largest absolute Gasteiger partial charge is 0.490 e. The smallest absolute Gasteiger partial charge is 0.401 e. The van der Waals surface area contributed by atoms with E-state index in [9.17, 15) is 27.9 Å². The topological polar surface area (TPSA) is 108 Å². The molecule has 1 aromatic carbocycles. The average molecular weight is 706 g/mol. The lowest BCUT2D eigenvalue weighted by molar-refractivity contribution is -0.149. The summed E-state index contributed by atoms with van der Waals surface area (Å²) >= 11 is 0. The van der Waals surface area contributed by atoms with E-state index in [4.69, 9.17) is 4.74 Å². The van der Waals surface area contributed by atoms with Crippen molar-refractivity contribution in [1.29, 1.82) is 0 Å². The highest BCUT2D eigenvalue weighted by molar-refractivity contribution is 5.95. The second-order valence-electron chi connectivity index (χ2n) is 15.5. The Kier molecular flexibility index (Phi) is 9.21. The second-order valence-corrected chi connectivity index (χ2v) is 15.5. The molecule has 2 aliphatic heterocycles. The summed E-state index contributed by atoms with van der Waals surface area (Å²) in [6, 6.07) is 5.60. The van der Waals surface area contributed by atoms with Gasteiger partial charge >= 0.3 is 12.1 Å². The van der Waals surface area contributed by atoms with Gasteiger partial charge in [-0.1, -0.05) is 0 Å². The van der Waals surface area contributed by atoms with Crippen molar-refractivity contribution >= 4 is 23.5 Å². The van der Waals surface area contributed by atoms with Crippen LogP contribution in [0.25, 0.3) is 0 Å². The van der Waals surface area contributed by atoms with Gasteiger partial charge in [0.25, 0.3) is 11.8 Å². The molecule has 2 unspecified atom stereocenters.